The summed E-state index contributed by atoms with van der Waals surface area (Å²) in [6, 6.07) is 9.74. The number of rotatable bonds is 2. The number of fused-ring (bicyclic) bond motifs is 5. The van der Waals surface area contributed by atoms with Crippen LogP contribution in [0.4, 0.5) is 5.69 Å². The summed E-state index contributed by atoms with van der Waals surface area (Å²) in [5.74, 6) is 0.157. The maximum Gasteiger partial charge on any atom is 0.268 e. The van der Waals surface area contributed by atoms with Gasteiger partial charge in [0.25, 0.3) is 11.5 Å². The number of nitrogens with zero attached hydrogens (tertiary/aromatic N) is 2. The molecule has 9 heteroatoms. The van der Waals surface area contributed by atoms with Gasteiger partial charge in [-0.3, -0.25) is 9.59 Å². The average Bonchev–Trinajstić information content (AvgIpc) is 2.69. The van der Waals surface area contributed by atoms with Gasteiger partial charge in [-0.15, -0.1) is 0 Å². The first-order valence-electron chi connectivity index (χ1n) is 9.99. The number of amides is 1. The lowest BCUT2D eigenvalue weighted by atomic mass is 9.84. The van der Waals surface area contributed by atoms with Gasteiger partial charge in [0.15, 0.2) is 5.60 Å². The third-order valence-corrected chi connectivity index (χ3v) is 8.02. The fraction of sp³-hybridized carbons (Fsp3) is 0.429. The standard InChI is InChI=1S/C21H23N3O5S/c1-21(2)20(26)22-16-7-6-15(9-18(16)29-21)30(27,28)23-10-13-8-14(12-23)17-4-3-5-19(25)24(17)11-13/h3-7,9,13-14H,8,10-12H2,1-2H3,(H,22,26)/t13-,14+/m1/s1. The predicted molar refractivity (Wildman–Crippen MR) is 110 cm³/mol. The summed E-state index contributed by atoms with van der Waals surface area (Å²) in [7, 11) is -3.75. The highest BCUT2D eigenvalue weighted by molar-refractivity contribution is 7.89. The van der Waals surface area contributed by atoms with Gasteiger partial charge in [-0.05, 0) is 44.4 Å². The Hall–Kier alpha value is -2.65. The van der Waals surface area contributed by atoms with E-state index in [0.29, 0.717) is 31.1 Å². The summed E-state index contributed by atoms with van der Waals surface area (Å²) in [5.41, 5.74) is 0.253. The molecule has 0 spiro atoms. The zero-order chi connectivity index (χ0) is 21.3. The number of hydrogen-bond acceptors (Lipinski definition) is 5. The van der Waals surface area contributed by atoms with Gasteiger partial charge in [0, 0.05) is 43.4 Å². The molecule has 4 heterocycles. The molecule has 2 bridgehead atoms. The summed E-state index contributed by atoms with van der Waals surface area (Å²) < 4.78 is 35.9. The number of benzene rings is 1. The first-order chi connectivity index (χ1) is 14.1. The molecule has 2 atom stereocenters. The van der Waals surface area contributed by atoms with Crippen molar-refractivity contribution in [3.05, 3.63) is 52.4 Å². The van der Waals surface area contributed by atoms with Gasteiger partial charge < -0.3 is 14.6 Å². The molecule has 0 aliphatic carbocycles. The SMILES string of the molecule is CC1(C)Oc2cc(S(=O)(=O)N3C[C@H]4C[C@@H](C3)c3cccc(=O)n3C4)ccc2NC1=O. The lowest BCUT2D eigenvalue weighted by Gasteiger charge is -2.42. The first kappa shape index (κ1) is 19.3. The van der Waals surface area contributed by atoms with Crippen LogP contribution < -0.4 is 15.6 Å². The van der Waals surface area contributed by atoms with E-state index in [1.807, 2.05) is 6.07 Å². The van der Waals surface area contributed by atoms with Crippen molar-refractivity contribution in [2.75, 3.05) is 18.4 Å². The average molecular weight is 429 g/mol. The van der Waals surface area contributed by atoms with Crippen LogP contribution >= 0.6 is 0 Å². The number of piperidine rings is 1. The first-order valence-corrected chi connectivity index (χ1v) is 11.4. The Balaban J connectivity index is 1.47. The number of ether oxygens (including phenoxy) is 1. The zero-order valence-electron chi connectivity index (χ0n) is 16.8. The van der Waals surface area contributed by atoms with Crippen LogP contribution in [0.2, 0.25) is 0 Å². The fourth-order valence-electron chi connectivity index (χ4n) is 4.64. The van der Waals surface area contributed by atoms with E-state index in [9.17, 15) is 18.0 Å². The van der Waals surface area contributed by atoms with Gasteiger partial charge in [-0.25, -0.2) is 8.42 Å². The third-order valence-electron chi connectivity index (χ3n) is 6.20. The Kier molecular flexibility index (Phi) is 4.14. The summed E-state index contributed by atoms with van der Waals surface area (Å²) in [5, 5.41) is 2.75. The van der Waals surface area contributed by atoms with Crippen LogP contribution in [0.25, 0.3) is 0 Å². The Bertz CT molecular complexity index is 1220. The van der Waals surface area contributed by atoms with E-state index in [-0.39, 0.29) is 28.2 Å². The van der Waals surface area contributed by atoms with Crippen LogP contribution in [0.1, 0.15) is 31.9 Å². The molecule has 5 rings (SSSR count). The van der Waals surface area contributed by atoms with E-state index in [1.165, 1.54) is 16.4 Å². The van der Waals surface area contributed by atoms with E-state index >= 15 is 0 Å². The minimum absolute atomic E-state index is 0.00623. The number of aromatic nitrogens is 1. The van der Waals surface area contributed by atoms with E-state index in [0.717, 1.165) is 12.1 Å². The largest absolute Gasteiger partial charge is 0.476 e. The minimum atomic E-state index is -3.75. The van der Waals surface area contributed by atoms with Gasteiger partial charge in [-0.1, -0.05) is 6.07 Å². The van der Waals surface area contributed by atoms with Crippen molar-refractivity contribution in [2.24, 2.45) is 5.92 Å². The molecule has 0 saturated carbocycles. The Morgan fingerprint density at radius 1 is 1.10 bits per heavy atom. The van der Waals surface area contributed by atoms with E-state index in [1.54, 1.807) is 36.6 Å². The van der Waals surface area contributed by atoms with Crippen molar-refractivity contribution in [2.45, 2.75) is 43.2 Å². The Morgan fingerprint density at radius 2 is 1.90 bits per heavy atom. The highest BCUT2D eigenvalue weighted by Gasteiger charge is 2.40. The molecule has 1 fully saturated rings. The fourth-order valence-corrected chi connectivity index (χ4v) is 6.22. The smallest absolute Gasteiger partial charge is 0.268 e. The summed E-state index contributed by atoms with van der Waals surface area (Å²) >= 11 is 0. The van der Waals surface area contributed by atoms with Crippen molar-refractivity contribution in [3.8, 4) is 5.75 Å². The van der Waals surface area contributed by atoms with Gasteiger partial charge in [0.05, 0.1) is 10.6 Å². The zero-order valence-corrected chi connectivity index (χ0v) is 17.6. The molecule has 8 nitrogen and oxygen atoms in total. The Morgan fingerprint density at radius 3 is 2.70 bits per heavy atom. The summed E-state index contributed by atoms with van der Waals surface area (Å²) in [4.78, 5) is 24.4. The van der Waals surface area contributed by atoms with Crippen LogP contribution in [-0.4, -0.2) is 41.9 Å². The quantitative estimate of drug-likeness (QED) is 0.785. The highest BCUT2D eigenvalue weighted by Crippen LogP contribution is 2.39. The molecule has 2 aromatic rings. The lowest BCUT2D eigenvalue weighted by Crippen LogP contribution is -2.49. The molecule has 1 aromatic carbocycles. The van der Waals surface area contributed by atoms with E-state index < -0.39 is 15.6 Å². The number of sulfonamides is 1. The van der Waals surface area contributed by atoms with Crippen LogP contribution in [0, 0.1) is 5.92 Å². The molecule has 3 aliphatic heterocycles. The maximum absolute atomic E-state index is 13.4. The number of carbonyl (C=O) groups excluding carboxylic acids is 1. The molecule has 1 aromatic heterocycles. The molecule has 0 radical (unpaired) electrons. The number of anilines is 1. The second-order valence-corrected chi connectivity index (χ2v) is 10.7. The third kappa shape index (κ3) is 2.95. The number of carbonyl (C=O) groups is 1. The van der Waals surface area contributed by atoms with E-state index in [4.69, 9.17) is 4.74 Å². The molecule has 158 valence electrons. The molecule has 30 heavy (non-hydrogen) atoms. The lowest BCUT2D eigenvalue weighted by molar-refractivity contribution is -0.129. The van der Waals surface area contributed by atoms with Gasteiger partial charge in [0.2, 0.25) is 10.0 Å². The maximum atomic E-state index is 13.4. The summed E-state index contributed by atoms with van der Waals surface area (Å²) in [6.07, 6.45) is 0.878. The predicted octanol–water partition coefficient (Wildman–Crippen LogP) is 1.77. The molecule has 1 saturated heterocycles. The molecule has 1 N–H and O–H groups in total. The monoisotopic (exact) mass is 429 g/mol. The molecule has 0 unspecified atom stereocenters. The second kappa shape index (κ2) is 6.42. The van der Waals surface area contributed by atoms with E-state index in [2.05, 4.69) is 5.32 Å². The molecular formula is C21H23N3O5S. The van der Waals surface area contributed by atoms with Crippen molar-refractivity contribution < 1.29 is 17.9 Å². The van der Waals surface area contributed by atoms with Crippen LogP contribution in [0.3, 0.4) is 0 Å². The van der Waals surface area contributed by atoms with Gasteiger partial charge >= 0.3 is 0 Å². The van der Waals surface area contributed by atoms with Gasteiger partial charge in [-0.2, -0.15) is 4.31 Å². The normalized spacial score (nSPS) is 24.9. The van der Waals surface area contributed by atoms with Gasteiger partial charge in [0.1, 0.15) is 5.75 Å². The Labute approximate surface area is 174 Å². The molecule has 1 amide bonds. The van der Waals surface area contributed by atoms with Crippen LogP contribution in [-0.2, 0) is 21.4 Å². The minimum Gasteiger partial charge on any atom is -0.476 e. The number of hydrogen-bond donors (Lipinski definition) is 1. The summed E-state index contributed by atoms with van der Waals surface area (Å²) in [6.45, 7) is 4.52. The number of nitrogens with one attached hydrogen (secondary N) is 1. The highest BCUT2D eigenvalue weighted by atomic mass is 32.2. The number of pyridine rings is 1. The van der Waals surface area contributed by atoms with Crippen molar-refractivity contribution in [1.82, 2.24) is 8.87 Å². The van der Waals surface area contributed by atoms with Crippen LogP contribution in [0.5, 0.6) is 5.75 Å². The van der Waals surface area contributed by atoms with Crippen molar-refractivity contribution >= 4 is 21.6 Å². The second-order valence-electron chi connectivity index (χ2n) is 8.74. The van der Waals surface area contributed by atoms with Crippen molar-refractivity contribution in [1.29, 1.82) is 0 Å². The molecule has 3 aliphatic rings. The van der Waals surface area contributed by atoms with Crippen LogP contribution in [0.15, 0.2) is 46.1 Å². The molecular weight excluding hydrogens is 406 g/mol. The van der Waals surface area contributed by atoms with Crippen molar-refractivity contribution in [3.63, 3.8) is 0 Å². The topological polar surface area (TPSA) is 97.7 Å².